The lowest BCUT2D eigenvalue weighted by Crippen LogP contribution is -2.43. The van der Waals surface area contributed by atoms with Crippen LogP contribution in [0.3, 0.4) is 0 Å². The number of rotatable bonds is 6. The van der Waals surface area contributed by atoms with Gasteiger partial charge in [0.25, 0.3) is 0 Å². The molecule has 1 aliphatic rings. The maximum Gasteiger partial charge on any atom is 0.310 e. The summed E-state index contributed by atoms with van der Waals surface area (Å²) in [5.74, 6) is -0.487. The first-order valence-corrected chi connectivity index (χ1v) is 11.4. The van der Waals surface area contributed by atoms with Crippen LogP contribution in [0, 0.1) is 19.8 Å². The first-order chi connectivity index (χ1) is 15.5. The highest BCUT2D eigenvalue weighted by Crippen LogP contribution is 2.32. The largest absolute Gasteiger partial charge is 0.466 e. The fraction of sp³-hybridized carbons (Fsp3) is 0.423. The third kappa shape index (κ3) is 4.40. The van der Waals surface area contributed by atoms with E-state index in [1.54, 1.807) is 0 Å². The predicted molar refractivity (Wildman–Crippen MR) is 124 cm³/mol. The van der Waals surface area contributed by atoms with Crippen LogP contribution in [0.4, 0.5) is 0 Å². The number of nitrogens with zero attached hydrogens (tertiary/aromatic N) is 3. The van der Waals surface area contributed by atoms with Gasteiger partial charge >= 0.3 is 5.97 Å². The molecule has 1 saturated heterocycles. The second-order valence-corrected chi connectivity index (χ2v) is 8.61. The number of piperidine rings is 1. The molecule has 2 unspecified atom stereocenters. The molecular weight excluding hydrogens is 402 g/mol. The monoisotopic (exact) mass is 433 g/mol. The second-order valence-electron chi connectivity index (χ2n) is 8.61. The number of benzene rings is 1. The minimum Gasteiger partial charge on any atom is -0.466 e. The zero-order chi connectivity index (χ0) is 22.7. The maximum absolute atomic E-state index is 13.5. The van der Waals surface area contributed by atoms with Crippen molar-refractivity contribution in [1.29, 1.82) is 0 Å². The standard InChI is InChI=1S/C26H31N3O3/c1-4-32-26(31)20-11-8-13-28(17-20)24(30)15-22(21-12-6-5-9-18(21)2)23-16-27-25-19(3)10-7-14-29(23)25/h5-7,9-10,12,14,16,20,22H,4,8,11,13,15,17H2,1-3H3. The number of ether oxygens (including phenoxy) is 1. The normalized spacial score (nSPS) is 17.3. The molecule has 168 valence electrons. The Labute approximate surface area is 189 Å². The van der Waals surface area contributed by atoms with Crippen molar-refractivity contribution in [3.8, 4) is 0 Å². The molecule has 3 aromatic rings. The van der Waals surface area contributed by atoms with Crippen molar-refractivity contribution in [2.45, 2.75) is 46.0 Å². The molecule has 6 nitrogen and oxygen atoms in total. The van der Waals surface area contributed by atoms with Crippen LogP contribution in [0.25, 0.3) is 5.65 Å². The van der Waals surface area contributed by atoms with Crippen LogP contribution in [-0.2, 0) is 14.3 Å². The molecule has 1 aromatic carbocycles. The van der Waals surface area contributed by atoms with Crippen LogP contribution < -0.4 is 0 Å². The number of likely N-dealkylation sites (tertiary alicyclic amines) is 1. The summed E-state index contributed by atoms with van der Waals surface area (Å²) in [5.41, 5.74) is 5.29. The van der Waals surface area contributed by atoms with E-state index in [1.807, 2.05) is 55.4 Å². The SMILES string of the molecule is CCOC(=O)C1CCCN(C(=O)CC(c2ccccc2C)c2cnc3c(C)cccn23)C1. The summed E-state index contributed by atoms with van der Waals surface area (Å²) in [6, 6.07) is 12.3. The molecule has 32 heavy (non-hydrogen) atoms. The molecule has 0 N–H and O–H groups in total. The highest BCUT2D eigenvalue weighted by atomic mass is 16.5. The first-order valence-electron chi connectivity index (χ1n) is 11.4. The van der Waals surface area contributed by atoms with Gasteiger partial charge in [0.15, 0.2) is 0 Å². The predicted octanol–water partition coefficient (Wildman–Crippen LogP) is 4.27. The van der Waals surface area contributed by atoms with E-state index in [9.17, 15) is 9.59 Å². The Morgan fingerprint density at radius 2 is 1.94 bits per heavy atom. The summed E-state index contributed by atoms with van der Waals surface area (Å²) in [4.78, 5) is 32.2. The summed E-state index contributed by atoms with van der Waals surface area (Å²) in [7, 11) is 0. The zero-order valence-electron chi connectivity index (χ0n) is 19.1. The van der Waals surface area contributed by atoms with Gasteiger partial charge < -0.3 is 14.0 Å². The van der Waals surface area contributed by atoms with Gasteiger partial charge in [-0.25, -0.2) is 4.98 Å². The summed E-state index contributed by atoms with van der Waals surface area (Å²) >= 11 is 0. The zero-order valence-corrected chi connectivity index (χ0v) is 19.1. The molecule has 0 spiro atoms. The molecule has 1 amide bonds. The van der Waals surface area contributed by atoms with Crippen molar-refractivity contribution >= 4 is 17.5 Å². The average Bonchev–Trinajstić information content (AvgIpc) is 3.23. The number of carbonyl (C=O) groups excluding carboxylic acids is 2. The summed E-state index contributed by atoms with van der Waals surface area (Å²) < 4.78 is 7.30. The fourth-order valence-electron chi connectivity index (χ4n) is 4.74. The number of amides is 1. The third-order valence-corrected chi connectivity index (χ3v) is 6.45. The molecule has 0 saturated carbocycles. The van der Waals surface area contributed by atoms with Gasteiger partial charge in [-0.15, -0.1) is 0 Å². The van der Waals surface area contributed by atoms with Crippen molar-refractivity contribution in [3.05, 3.63) is 71.2 Å². The Morgan fingerprint density at radius 1 is 1.16 bits per heavy atom. The average molecular weight is 434 g/mol. The molecule has 0 radical (unpaired) electrons. The number of hydrogen-bond donors (Lipinski definition) is 0. The Bertz CT molecular complexity index is 1120. The number of imidazole rings is 1. The van der Waals surface area contributed by atoms with Gasteiger partial charge in [0, 0.05) is 37.8 Å². The number of esters is 1. The third-order valence-electron chi connectivity index (χ3n) is 6.45. The Balaban J connectivity index is 1.64. The van der Waals surface area contributed by atoms with Crippen molar-refractivity contribution in [1.82, 2.24) is 14.3 Å². The molecule has 2 aromatic heterocycles. The lowest BCUT2D eigenvalue weighted by molar-refractivity contribution is -0.151. The first kappa shape index (κ1) is 22.1. The number of pyridine rings is 1. The van der Waals surface area contributed by atoms with Crippen molar-refractivity contribution < 1.29 is 14.3 Å². The van der Waals surface area contributed by atoms with Crippen LogP contribution in [0.2, 0.25) is 0 Å². The molecule has 2 atom stereocenters. The van der Waals surface area contributed by atoms with E-state index in [1.165, 1.54) is 0 Å². The topological polar surface area (TPSA) is 63.9 Å². The van der Waals surface area contributed by atoms with Gasteiger partial charge in [-0.3, -0.25) is 9.59 Å². The van der Waals surface area contributed by atoms with Crippen LogP contribution >= 0.6 is 0 Å². The number of fused-ring (bicyclic) bond motifs is 1. The quantitative estimate of drug-likeness (QED) is 0.545. The van der Waals surface area contributed by atoms with E-state index < -0.39 is 0 Å². The summed E-state index contributed by atoms with van der Waals surface area (Å²) in [6.07, 6.45) is 5.83. The van der Waals surface area contributed by atoms with Gasteiger partial charge in [-0.05, 0) is 56.4 Å². The molecular formula is C26H31N3O3. The Morgan fingerprint density at radius 3 is 2.72 bits per heavy atom. The molecule has 0 bridgehead atoms. The highest BCUT2D eigenvalue weighted by Gasteiger charge is 2.32. The van der Waals surface area contributed by atoms with Gasteiger partial charge in [0.05, 0.1) is 18.2 Å². The van der Waals surface area contributed by atoms with Crippen LogP contribution in [0.5, 0.6) is 0 Å². The van der Waals surface area contributed by atoms with Gasteiger partial charge in [-0.1, -0.05) is 30.3 Å². The van der Waals surface area contributed by atoms with Gasteiger partial charge in [0.2, 0.25) is 5.91 Å². The number of carbonyl (C=O) groups is 2. The molecule has 3 heterocycles. The Hall–Kier alpha value is -3.15. The van der Waals surface area contributed by atoms with Crippen LogP contribution in [0.15, 0.2) is 48.8 Å². The van der Waals surface area contributed by atoms with Gasteiger partial charge in [0.1, 0.15) is 5.65 Å². The lowest BCUT2D eigenvalue weighted by atomic mass is 9.88. The highest BCUT2D eigenvalue weighted by molar-refractivity contribution is 5.80. The molecule has 0 aliphatic carbocycles. The smallest absolute Gasteiger partial charge is 0.310 e. The fourth-order valence-corrected chi connectivity index (χ4v) is 4.74. The van der Waals surface area contributed by atoms with E-state index in [0.29, 0.717) is 26.1 Å². The summed E-state index contributed by atoms with van der Waals surface area (Å²) in [5, 5.41) is 0. The van der Waals surface area contributed by atoms with E-state index in [2.05, 4.69) is 28.4 Å². The lowest BCUT2D eigenvalue weighted by Gasteiger charge is -2.32. The molecule has 1 aliphatic heterocycles. The number of aryl methyl sites for hydroxylation is 2. The van der Waals surface area contributed by atoms with E-state index in [-0.39, 0.29) is 23.7 Å². The van der Waals surface area contributed by atoms with Crippen LogP contribution in [-0.4, -0.2) is 45.9 Å². The van der Waals surface area contributed by atoms with E-state index >= 15 is 0 Å². The second kappa shape index (κ2) is 9.55. The van der Waals surface area contributed by atoms with Crippen molar-refractivity contribution in [2.75, 3.05) is 19.7 Å². The van der Waals surface area contributed by atoms with Crippen LogP contribution in [0.1, 0.15) is 54.5 Å². The minimum atomic E-state index is -0.233. The molecule has 4 rings (SSSR count). The van der Waals surface area contributed by atoms with E-state index in [4.69, 9.17) is 4.74 Å². The van der Waals surface area contributed by atoms with Crippen molar-refractivity contribution in [2.24, 2.45) is 5.92 Å². The Kier molecular flexibility index (Phi) is 6.58. The number of hydrogen-bond acceptors (Lipinski definition) is 4. The van der Waals surface area contributed by atoms with Crippen molar-refractivity contribution in [3.63, 3.8) is 0 Å². The van der Waals surface area contributed by atoms with E-state index in [0.717, 1.165) is 40.9 Å². The maximum atomic E-state index is 13.5. The minimum absolute atomic E-state index is 0.0647. The molecule has 6 heteroatoms. The molecule has 1 fully saturated rings. The summed E-state index contributed by atoms with van der Waals surface area (Å²) in [6.45, 7) is 7.43. The van der Waals surface area contributed by atoms with Gasteiger partial charge in [-0.2, -0.15) is 0 Å². The number of aromatic nitrogens is 2.